The molecule has 1 saturated heterocycles. The van der Waals surface area contributed by atoms with E-state index in [0.717, 1.165) is 11.8 Å². The summed E-state index contributed by atoms with van der Waals surface area (Å²) in [6.45, 7) is 1.51. The summed E-state index contributed by atoms with van der Waals surface area (Å²) in [5.41, 5.74) is 0.520. The highest BCUT2D eigenvalue weighted by atomic mass is 32.2. The van der Waals surface area contributed by atoms with Crippen molar-refractivity contribution in [1.29, 1.82) is 0 Å². The Balaban J connectivity index is 1.40. The van der Waals surface area contributed by atoms with Gasteiger partial charge in [-0.05, 0) is 24.3 Å². The van der Waals surface area contributed by atoms with Crippen LogP contribution >= 0.6 is 11.8 Å². The standard InChI is InChI=1S/C20H20F2N2O3S/c21-15-5-1-3-7-17(15)23-9-11-24(12-10-23)19(25)13-27-20(26)14-28-18-8-4-2-6-16(18)22/h1-8H,9-14H2. The average Bonchev–Trinajstić information content (AvgIpc) is 2.72. The largest absolute Gasteiger partial charge is 0.455 e. The van der Waals surface area contributed by atoms with Crippen molar-refractivity contribution in [3.05, 3.63) is 60.2 Å². The van der Waals surface area contributed by atoms with Crippen LogP contribution in [-0.2, 0) is 14.3 Å². The number of benzene rings is 2. The third kappa shape index (κ3) is 5.22. The first kappa shape index (κ1) is 20.1. The predicted molar refractivity (Wildman–Crippen MR) is 103 cm³/mol. The van der Waals surface area contributed by atoms with Crippen molar-refractivity contribution in [2.75, 3.05) is 43.4 Å². The smallest absolute Gasteiger partial charge is 0.316 e. The molecule has 0 aliphatic carbocycles. The molecule has 0 saturated carbocycles. The number of ether oxygens (including phenoxy) is 1. The zero-order valence-electron chi connectivity index (χ0n) is 15.1. The Labute approximate surface area is 166 Å². The monoisotopic (exact) mass is 406 g/mol. The van der Waals surface area contributed by atoms with Gasteiger partial charge in [-0.3, -0.25) is 9.59 Å². The summed E-state index contributed by atoms with van der Waals surface area (Å²) in [5, 5.41) is 0. The van der Waals surface area contributed by atoms with Crippen molar-refractivity contribution in [1.82, 2.24) is 4.90 Å². The van der Waals surface area contributed by atoms with E-state index in [1.807, 2.05) is 4.90 Å². The van der Waals surface area contributed by atoms with Gasteiger partial charge in [0.1, 0.15) is 11.6 Å². The van der Waals surface area contributed by atoms with Crippen molar-refractivity contribution >= 4 is 29.3 Å². The minimum Gasteiger partial charge on any atom is -0.455 e. The molecule has 28 heavy (non-hydrogen) atoms. The molecule has 1 heterocycles. The lowest BCUT2D eigenvalue weighted by Crippen LogP contribution is -2.50. The normalized spacial score (nSPS) is 14.1. The van der Waals surface area contributed by atoms with Crippen LogP contribution in [0.25, 0.3) is 0 Å². The topological polar surface area (TPSA) is 49.9 Å². The second-order valence-corrected chi connectivity index (χ2v) is 7.22. The molecule has 1 aliphatic heterocycles. The molecular formula is C20H20F2N2O3S. The van der Waals surface area contributed by atoms with Gasteiger partial charge >= 0.3 is 5.97 Å². The maximum atomic E-state index is 13.9. The molecule has 0 unspecified atom stereocenters. The lowest BCUT2D eigenvalue weighted by molar-refractivity contribution is -0.150. The highest BCUT2D eigenvalue weighted by molar-refractivity contribution is 8.00. The van der Waals surface area contributed by atoms with Crippen molar-refractivity contribution in [3.63, 3.8) is 0 Å². The number of carbonyl (C=O) groups is 2. The highest BCUT2D eigenvalue weighted by Gasteiger charge is 2.23. The average molecular weight is 406 g/mol. The quantitative estimate of drug-likeness (QED) is 0.545. The molecule has 5 nitrogen and oxygen atoms in total. The molecule has 0 spiro atoms. The van der Waals surface area contributed by atoms with Gasteiger partial charge in [-0.1, -0.05) is 24.3 Å². The third-order valence-corrected chi connectivity index (χ3v) is 5.39. The van der Waals surface area contributed by atoms with Gasteiger partial charge in [0.2, 0.25) is 0 Å². The summed E-state index contributed by atoms with van der Waals surface area (Å²) in [7, 11) is 0. The summed E-state index contributed by atoms with van der Waals surface area (Å²) in [6, 6.07) is 12.7. The van der Waals surface area contributed by atoms with Crippen LogP contribution in [0.3, 0.4) is 0 Å². The van der Waals surface area contributed by atoms with Gasteiger partial charge in [-0.2, -0.15) is 0 Å². The lowest BCUT2D eigenvalue weighted by Gasteiger charge is -2.36. The van der Waals surface area contributed by atoms with E-state index in [0.29, 0.717) is 36.8 Å². The van der Waals surface area contributed by atoms with Crippen LogP contribution in [0.4, 0.5) is 14.5 Å². The molecule has 3 rings (SSSR count). The molecule has 0 N–H and O–H groups in total. The van der Waals surface area contributed by atoms with Crippen LogP contribution in [0.1, 0.15) is 0 Å². The Hall–Kier alpha value is -2.61. The third-order valence-electron chi connectivity index (χ3n) is 4.36. The van der Waals surface area contributed by atoms with E-state index >= 15 is 0 Å². The molecule has 1 aliphatic rings. The maximum Gasteiger partial charge on any atom is 0.316 e. The Kier molecular flexibility index (Phi) is 6.86. The molecule has 0 atom stereocenters. The number of amides is 1. The Morgan fingerprint density at radius 2 is 1.57 bits per heavy atom. The number of rotatable bonds is 6. The van der Waals surface area contributed by atoms with Crippen molar-refractivity contribution in [3.8, 4) is 0 Å². The summed E-state index contributed by atoms with van der Waals surface area (Å²) >= 11 is 1.03. The van der Waals surface area contributed by atoms with E-state index in [-0.39, 0.29) is 24.1 Å². The number of hydrogen-bond donors (Lipinski definition) is 0. The number of anilines is 1. The van der Waals surface area contributed by atoms with Crippen LogP contribution < -0.4 is 4.90 Å². The SMILES string of the molecule is O=C(CSc1ccccc1F)OCC(=O)N1CCN(c2ccccc2F)CC1. The number of hydrogen-bond acceptors (Lipinski definition) is 5. The Morgan fingerprint density at radius 3 is 2.25 bits per heavy atom. The summed E-state index contributed by atoms with van der Waals surface area (Å²) in [4.78, 5) is 27.9. The second-order valence-electron chi connectivity index (χ2n) is 6.20. The van der Waals surface area contributed by atoms with Crippen LogP contribution in [-0.4, -0.2) is 55.3 Å². The first-order chi connectivity index (χ1) is 13.5. The number of para-hydroxylation sites is 1. The molecule has 1 amide bonds. The van der Waals surface area contributed by atoms with E-state index in [9.17, 15) is 18.4 Å². The summed E-state index contributed by atoms with van der Waals surface area (Å²) in [6.07, 6.45) is 0. The van der Waals surface area contributed by atoms with Gasteiger partial charge in [-0.25, -0.2) is 8.78 Å². The molecule has 2 aromatic carbocycles. The summed E-state index contributed by atoms with van der Waals surface area (Å²) < 4.78 is 32.4. The van der Waals surface area contributed by atoms with Crippen LogP contribution in [0.15, 0.2) is 53.4 Å². The highest BCUT2D eigenvalue weighted by Crippen LogP contribution is 2.22. The van der Waals surface area contributed by atoms with Gasteiger partial charge in [0.15, 0.2) is 6.61 Å². The molecule has 0 radical (unpaired) electrons. The van der Waals surface area contributed by atoms with Gasteiger partial charge in [0, 0.05) is 31.1 Å². The first-order valence-corrected chi connectivity index (χ1v) is 9.83. The van der Waals surface area contributed by atoms with Crippen molar-refractivity contribution in [2.45, 2.75) is 4.90 Å². The molecule has 0 aromatic heterocycles. The Bertz CT molecular complexity index is 842. The van der Waals surface area contributed by atoms with E-state index < -0.39 is 11.8 Å². The molecular weight excluding hydrogens is 386 g/mol. The number of nitrogens with zero attached hydrogens (tertiary/aromatic N) is 2. The summed E-state index contributed by atoms with van der Waals surface area (Å²) in [5.74, 6) is -1.63. The minimum absolute atomic E-state index is 0.0741. The molecule has 148 valence electrons. The molecule has 8 heteroatoms. The van der Waals surface area contributed by atoms with E-state index in [1.165, 1.54) is 12.1 Å². The van der Waals surface area contributed by atoms with Crippen molar-refractivity contribution < 1.29 is 23.1 Å². The van der Waals surface area contributed by atoms with E-state index in [2.05, 4.69) is 0 Å². The fourth-order valence-electron chi connectivity index (χ4n) is 2.88. The number of carbonyl (C=O) groups excluding carboxylic acids is 2. The molecule has 0 bridgehead atoms. The minimum atomic E-state index is -0.577. The predicted octanol–water partition coefficient (Wildman–Crippen LogP) is 2.95. The van der Waals surface area contributed by atoms with Gasteiger partial charge in [0.25, 0.3) is 5.91 Å². The van der Waals surface area contributed by atoms with Crippen LogP contribution in [0.2, 0.25) is 0 Å². The van der Waals surface area contributed by atoms with E-state index in [1.54, 1.807) is 41.3 Å². The zero-order valence-corrected chi connectivity index (χ0v) is 16.0. The fourth-order valence-corrected chi connectivity index (χ4v) is 3.62. The number of piperazine rings is 1. The lowest BCUT2D eigenvalue weighted by atomic mass is 10.2. The van der Waals surface area contributed by atoms with Crippen LogP contribution in [0, 0.1) is 11.6 Å². The van der Waals surface area contributed by atoms with E-state index in [4.69, 9.17) is 4.74 Å². The second kappa shape index (κ2) is 9.54. The fraction of sp³-hybridized carbons (Fsp3) is 0.300. The first-order valence-electron chi connectivity index (χ1n) is 8.85. The molecule has 2 aromatic rings. The van der Waals surface area contributed by atoms with Crippen molar-refractivity contribution in [2.24, 2.45) is 0 Å². The zero-order chi connectivity index (χ0) is 19.9. The Morgan fingerprint density at radius 1 is 0.929 bits per heavy atom. The number of halogens is 2. The van der Waals surface area contributed by atoms with Crippen LogP contribution in [0.5, 0.6) is 0 Å². The van der Waals surface area contributed by atoms with Gasteiger partial charge in [0.05, 0.1) is 11.4 Å². The van der Waals surface area contributed by atoms with Gasteiger partial charge < -0.3 is 14.5 Å². The maximum absolute atomic E-state index is 13.9. The number of esters is 1. The van der Waals surface area contributed by atoms with Gasteiger partial charge in [-0.15, -0.1) is 11.8 Å². The number of thioether (sulfide) groups is 1. The molecule has 1 fully saturated rings.